The lowest BCUT2D eigenvalue weighted by molar-refractivity contribution is -0.130. The summed E-state index contributed by atoms with van der Waals surface area (Å²) < 4.78 is 0. The third-order valence-electron chi connectivity index (χ3n) is 1.97. The van der Waals surface area contributed by atoms with Gasteiger partial charge in [-0.3, -0.25) is 9.89 Å². The summed E-state index contributed by atoms with van der Waals surface area (Å²) >= 11 is 5.51. The predicted octanol–water partition coefficient (Wildman–Crippen LogP) is 1.09. The summed E-state index contributed by atoms with van der Waals surface area (Å²) in [6.07, 6.45) is 1.18. The van der Waals surface area contributed by atoms with Crippen LogP contribution in [-0.2, 0) is 11.3 Å². The van der Waals surface area contributed by atoms with E-state index in [-0.39, 0.29) is 5.91 Å². The Morgan fingerprint density at radius 1 is 1.60 bits per heavy atom. The first-order chi connectivity index (χ1) is 7.13. The van der Waals surface area contributed by atoms with Crippen molar-refractivity contribution in [3.8, 4) is 0 Å². The normalized spacial score (nSPS) is 10.3. The van der Waals surface area contributed by atoms with E-state index in [1.165, 1.54) is 0 Å². The molecule has 15 heavy (non-hydrogen) atoms. The van der Waals surface area contributed by atoms with Gasteiger partial charge in [-0.1, -0.05) is 0 Å². The van der Waals surface area contributed by atoms with Gasteiger partial charge in [0.05, 0.1) is 6.54 Å². The van der Waals surface area contributed by atoms with E-state index in [4.69, 9.17) is 11.6 Å². The average molecular weight is 231 g/mol. The topological polar surface area (TPSA) is 61.9 Å². The minimum Gasteiger partial charge on any atom is -0.338 e. The zero-order valence-corrected chi connectivity index (χ0v) is 9.71. The van der Waals surface area contributed by atoms with E-state index in [0.717, 1.165) is 5.82 Å². The molecule has 1 heterocycles. The van der Waals surface area contributed by atoms with E-state index in [0.29, 0.717) is 31.1 Å². The van der Waals surface area contributed by atoms with E-state index in [1.54, 1.807) is 11.9 Å². The van der Waals surface area contributed by atoms with E-state index in [9.17, 15) is 4.79 Å². The van der Waals surface area contributed by atoms with Crippen LogP contribution in [0.1, 0.15) is 24.5 Å². The molecule has 0 atom stereocenters. The molecule has 0 bridgehead atoms. The number of hydrogen-bond acceptors (Lipinski definition) is 3. The van der Waals surface area contributed by atoms with Crippen molar-refractivity contribution in [2.75, 3.05) is 12.9 Å². The van der Waals surface area contributed by atoms with Crippen LogP contribution in [0.3, 0.4) is 0 Å². The third-order valence-corrected chi connectivity index (χ3v) is 2.24. The van der Waals surface area contributed by atoms with Crippen LogP contribution in [0.15, 0.2) is 0 Å². The molecule has 1 N–H and O–H groups in total. The standard InChI is InChI=1S/C9H15ClN4O/c1-7-11-8(13-12-7)6-14(2)9(15)4-3-5-10/h3-6H2,1-2H3,(H,11,12,13). The Kier molecular flexibility index (Phi) is 4.55. The largest absolute Gasteiger partial charge is 0.338 e. The second-order valence-corrected chi connectivity index (χ2v) is 3.76. The lowest BCUT2D eigenvalue weighted by Crippen LogP contribution is -2.26. The van der Waals surface area contributed by atoms with Crippen LogP contribution in [0.25, 0.3) is 0 Å². The molecule has 1 aromatic heterocycles. The first kappa shape index (κ1) is 12.0. The zero-order valence-electron chi connectivity index (χ0n) is 8.96. The fraction of sp³-hybridized carbons (Fsp3) is 0.667. The highest BCUT2D eigenvalue weighted by Crippen LogP contribution is 2.01. The van der Waals surface area contributed by atoms with Gasteiger partial charge >= 0.3 is 0 Å². The molecule has 1 aromatic rings. The Morgan fingerprint density at radius 3 is 2.87 bits per heavy atom. The maximum atomic E-state index is 11.5. The maximum absolute atomic E-state index is 11.5. The Bertz CT molecular complexity index is 326. The molecule has 1 amide bonds. The number of alkyl halides is 1. The van der Waals surface area contributed by atoms with Crippen LogP contribution in [0.2, 0.25) is 0 Å². The fourth-order valence-corrected chi connectivity index (χ4v) is 1.30. The highest BCUT2D eigenvalue weighted by atomic mass is 35.5. The quantitative estimate of drug-likeness (QED) is 0.771. The second kappa shape index (κ2) is 5.70. The highest BCUT2D eigenvalue weighted by molar-refractivity contribution is 6.17. The number of halogens is 1. The van der Waals surface area contributed by atoms with E-state index >= 15 is 0 Å². The summed E-state index contributed by atoms with van der Waals surface area (Å²) in [5.41, 5.74) is 0. The maximum Gasteiger partial charge on any atom is 0.222 e. The van der Waals surface area contributed by atoms with Crippen LogP contribution in [-0.4, -0.2) is 38.9 Å². The summed E-state index contributed by atoms with van der Waals surface area (Å²) in [6, 6.07) is 0. The summed E-state index contributed by atoms with van der Waals surface area (Å²) in [5, 5.41) is 6.70. The molecule has 0 unspecified atom stereocenters. The zero-order chi connectivity index (χ0) is 11.3. The molecule has 0 aliphatic heterocycles. The number of hydrogen-bond donors (Lipinski definition) is 1. The van der Waals surface area contributed by atoms with Gasteiger partial charge in [-0.25, -0.2) is 4.98 Å². The molecule has 0 aromatic carbocycles. The SMILES string of the molecule is Cc1nc(CN(C)C(=O)CCCCl)n[nH]1. The molecule has 5 nitrogen and oxygen atoms in total. The summed E-state index contributed by atoms with van der Waals surface area (Å²) in [7, 11) is 1.74. The lowest BCUT2D eigenvalue weighted by atomic mass is 10.3. The number of nitrogens with one attached hydrogen (secondary N) is 1. The minimum absolute atomic E-state index is 0.0677. The van der Waals surface area contributed by atoms with Crippen LogP contribution in [0.4, 0.5) is 0 Å². The van der Waals surface area contributed by atoms with Gasteiger partial charge in [0.1, 0.15) is 5.82 Å². The van der Waals surface area contributed by atoms with Crippen molar-refractivity contribution in [3.63, 3.8) is 0 Å². The second-order valence-electron chi connectivity index (χ2n) is 3.38. The Balaban J connectivity index is 2.41. The van der Waals surface area contributed by atoms with Crippen molar-refractivity contribution in [1.29, 1.82) is 0 Å². The number of H-pyrrole nitrogens is 1. The van der Waals surface area contributed by atoms with Crippen molar-refractivity contribution < 1.29 is 4.79 Å². The Morgan fingerprint density at radius 2 is 2.33 bits per heavy atom. The van der Waals surface area contributed by atoms with Gasteiger partial charge in [-0.05, 0) is 13.3 Å². The van der Waals surface area contributed by atoms with Crippen molar-refractivity contribution in [1.82, 2.24) is 20.1 Å². The van der Waals surface area contributed by atoms with Crippen molar-refractivity contribution in [2.24, 2.45) is 0 Å². The predicted molar refractivity (Wildman–Crippen MR) is 57.5 cm³/mol. The fourth-order valence-electron chi connectivity index (χ4n) is 1.17. The molecule has 6 heteroatoms. The molecule has 0 fully saturated rings. The van der Waals surface area contributed by atoms with Crippen molar-refractivity contribution >= 4 is 17.5 Å². The van der Waals surface area contributed by atoms with Gasteiger partial charge in [-0.15, -0.1) is 11.6 Å². The van der Waals surface area contributed by atoms with Gasteiger partial charge in [-0.2, -0.15) is 5.10 Å². The summed E-state index contributed by atoms with van der Waals surface area (Å²) in [6.45, 7) is 2.26. The molecule has 1 rings (SSSR count). The van der Waals surface area contributed by atoms with Gasteiger partial charge in [0.2, 0.25) is 5.91 Å². The van der Waals surface area contributed by atoms with Crippen molar-refractivity contribution in [2.45, 2.75) is 26.3 Å². The molecule has 0 saturated heterocycles. The summed E-state index contributed by atoms with van der Waals surface area (Å²) in [4.78, 5) is 17.2. The smallest absolute Gasteiger partial charge is 0.222 e. The van der Waals surface area contributed by atoms with Crippen molar-refractivity contribution in [3.05, 3.63) is 11.6 Å². The third kappa shape index (κ3) is 3.87. The number of carbonyl (C=O) groups excluding carboxylic acids is 1. The average Bonchev–Trinajstić information content (AvgIpc) is 2.60. The van der Waals surface area contributed by atoms with Crippen LogP contribution in [0, 0.1) is 6.92 Å². The molecule has 84 valence electrons. The summed E-state index contributed by atoms with van der Waals surface area (Å²) in [5.74, 6) is 1.97. The number of aromatic amines is 1. The first-order valence-corrected chi connectivity index (χ1v) is 5.34. The molecule has 0 saturated carbocycles. The van der Waals surface area contributed by atoms with Gasteiger partial charge in [0, 0.05) is 19.3 Å². The van der Waals surface area contributed by atoms with E-state index < -0.39 is 0 Å². The number of aromatic nitrogens is 3. The van der Waals surface area contributed by atoms with Gasteiger partial charge in [0.15, 0.2) is 5.82 Å². The van der Waals surface area contributed by atoms with Crippen LogP contribution >= 0.6 is 11.6 Å². The number of carbonyl (C=O) groups is 1. The number of rotatable bonds is 5. The van der Waals surface area contributed by atoms with Crippen LogP contribution < -0.4 is 0 Å². The molecule has 0 aliphatic rings. The monoisotopic (exact) mass is 230 g/mol. The molecular weight excluding hydrogens is 216 g/mol. The first-order valence-electron chi connectivity index (χ1n) is 4.81. The van der Waals surface area contributed by atoms with Gasteiger partial charge in [0.25, 0.3) is 0 Å². The Labute approximate surface area is 93.8 Å². The van der Waals surface area contributed by atoms with E-state index in [2.05, 4.69) is 15.2 Å². The van der Waals surface area contributed by atoms with Crippen LogP contribution in [0.5, 0.6) is 0 Å². The highest BCUT2D eigenvalue weighted by Gasteiger charge is 2.10. The number of amides is 1. The Hall–Kier alpha value is -1.10. The molecular formula is C9H15ClN4O. The number of aryl methyl sites for hydroxylation is 1. The van der Waals surface area contributed by atoms with Gasteiger partial charge < -0.3 is 4.90 Å². The minimum atomic E-state index is 0.0677. The number of nitrogens with zero attached hydrogens (tertiary/aromatic N) is 3. The molecule has 0 aliphatic carbocycles. The lowest BCUT2D eigenvalue weighted by Gasteiger charge is -2.14. The van der Waals surface area contributed by atoms with E-state index in [1.807, 2.05) is 6.92 Å². The molecule has 0 spiro atoms. The molecule has 0 radical (unpaired) electrons.